The van der Waals surface area contributed by atoms with Gasteiger partial charge in [0.2, 0.25) is 11.6 Å². The van der Waals surface area contributed by atoms with Gasteiger partial charge in [-0.05, 0) is 12.8 Å². The molecule has 0 radical (unpaired) electrons. The van der Waals surface area contributed by atoms with E-state index in [1.54, 1.807) is 12.1 Å². The molecule has 1 aromatic rings. The molecule has 1 aromatic carbocycles. The van der Waals surface area contributed by atoms with E-state index >= 15 is 0 Å². The van der Waals surface area contributed by atoms with Gasteiger partial charge in [0.25, 0.3) is 0 Å². The highest BCUT2D eigenvalue weighted by Gasteiger charge is 2.39. The van der Waals surface area contributed by atoms with Crippen molar-refractivity contribution in [3.63, 3.8) is 0 Å². The van der Waals surface area contributed by atoms with Crippen LogP contribution in [0.15, 0.2) is 29.8 Å². The summed E-state index contributed by atoms with van der Waals surface area (Å²) in [4.78, 5) is 24.5. The van der Waals surface area contributed by atoms with Gasteiger partial charge in [-0.15, -0.1) is 0 Å². The van der Waals surface area contributed by atoms with Crippen LogP contribution in [0.4, 0.5) is 0 Å². The van der Waals surface area contributed by atoms with E-state index in [1.165, 1.54) is 38.5 Å². The van der Waals surface area contributed by atoms with Gasteiger partial charge in [0.15, 0.2) is 0 Å². The minimum Gasteiger partial charge on any atom is -0.489 e. The summed E-state index contributed by atoms with van der Waals surface area (Å²) < 4.78 is 6.06. The summed E-state index contributed by atoms with van der Waals surface area (Å²) in [7, 11) is 0. The summed E-state index contributed by atoms with van der Waals surface area (Å²) in [5.74, 6) is -0.0987. The smallest absolute Gasteiger partial charge is 0.234 e. The first kappa shape index (κ1) is 16.9. The zero-order chi connectivity index (χ0) is 16.9. The van der Waals surface area contributed by atoms with Gasteiger partial charge in [0.1, 0.15) is 11.9 Å². The number of hydrogen-bond acceptors (Lipinski definition) is 3. The third kappa shape index (κ3) is 3.45. The van der Waals surface area contributed by atoms with Gasteiger partial charge in [-0.3, -0.25) is 9.59 Å². The molecule has 0 amide bonds. The van der Waals surface area contributed by atoms with Crippen molar-refractivity contribution >= 4 is 17.3 Å². The van der Waals surface area contributed by atoms with Crippen molar-refractivity contribution in [3.8, 4) is 0 Å². The van der Waals surface area contributed by atoms with E-state index < -0.39 is 0 Å². The molecule has 1 unspecified atom stereocenters. The molecule has 3 nitrogen and oxygen atoms in total. The molecule has 24 heavy (non-hydrogen) atoms. The minimum atomic E-state index is -0.385. The molecule has 0 bridgehead atoms. The SMILES string of the molecule is CCCCCCCCCC1CC2=C(O1)c1ccccc1C(=O)C2=O. The van der Waals surface area contributed by atoms with Crippen LogP contribution in [0.3, 0.4) is 0 Å². The van der Waals surface area contributed by atoms with E-state index in [9.17, 15) is 9.59 Å². The van der Waals surface area contributed by atoms with Crippen LogP contribution >= 0.6 is 0 Å². The summed E-state index contributed by atoms with van der Waals surface area (Å²) in [6, 6.07) is 7.28. The third-order valence-corrected chi connectivity index (χ3v) is 5.02. The predicted molar refractivity (Wildman–Crippen MR) is 94.8 cm³/mol. The van der Waals surface area contributed by atoms with Crippen LogP contribution in [-0.2, 0) is 9.53 Å². The Morgan fingerprint density at radius 3 is 2.33 bits per heavy atom. The standard InChI is InChI=1S/C21H26O3/c1-2-3-4-5-6-7-8-11-15-14-18-20(23)19(22)16-12-9-10-13-17(16)21(18)24-15/h9-10,12-13,15H,2-8,11,14H2,1H3. The van der Waals surface area contributed by atoms with Crippen molar-refractivity contribution < 1.29 is 14.3 Å². The molecule has 1 aliphatic carbocycles. The molecule has 0 N–H and O–H groups in total. The number of ketones is 2. The number of hydrogen-bond donors (Lipinski definition) is 0. The van der Waals surface area contributed by atoms with Crippen LogP contribution < -0.4 is 0 Å². The number of carbonyl (C=O) groups is 2. The van der Waals surface area contributed by atoms with E-state index in [0.29, 0.717) is 23.3 Å². The Morgan fingerprint density at radius 2 is 1.58 bits per heavy atom. The lowest BCUT2D eigenvalue weighted by Crippen LogP contribution is -2.22. The van der Waals surface area contributed by atoms with Crippen molar-refractivity contribution in [3.05, 3.63) is 41.0 Å². The lowest BCUT2D eigenvalue weighted by Gasteiger charge is -2.16. The molecule has 1 atom stereocenters. The Kier molecular flexibility index (Phi) is 5.49. The molecule has 0 spiro atoms. The number of unbranched alkanes of at least 4 members (excludes halogenated alkanes) is 6. The van der Waals surface area contributed by atoms with Crippen LogP contribution in [0.2, 0.25) is 0 Å². The van der Waals surface area contributed by atoms with Crippen molar-refractivity contribution in [2.45, 2.75) is 70.8 Å². The summed E-state index contributed by atoms with van der Waals surface area (Å²) in [5, 5.41) is 0. The second-order valence-electron chi connectivity index (χ2n) is 6.87. The Bertz CT molecular complexity index is 657. The highest BCUT2D eigenvalue weighted by Crippen LogP contribution is 2.40. The molecule has 0 fully saturated rings. The second kappa shape index (κ2) is 7.78. The number of rotatable bonds is 8. The molecular weight excluding hydrogens is 300 g/mol. The van der Waals surface area contributed by atoms with E-state index in [4.69, 9.17) is 4.74 Å². The largest absolute Gasteiger partial charge is 0.489 e. The van der Waals surface area contributed by atoms with E-state index in [0.717, 1.165) is 18.4 Å². The van der Waals surface area contributed by atoms with Crippen molar-refractivity contribution in [1.82, 2.24) is 0 Å². The van der Waals surface area contributed by atoms with Gasteiger partial charge < -0.3 is 4.74 Å². The molecule has 128 valence electrons. The first-order valence-corrected chi connectivity index (χ1v) is 9.30. The molecule has 0 saturated heterocycles. The predicted octanol–water partition coefficient (Wildman–Crippen LogP) is 5.09. The zero-order valence-electron chi connectivity index (χ0n) is 14.5. The van der Waals surface area contributed by atoms with E-state index in [1.807, 2.05) is 12.1 Å². The molecule has 3 rings (SSSR count). The maximum Gasteiger partial charge on any atom is 0.234 e. The number of fused-ring (bicyclic) bond motifs is 2. The molecule has 0 aromatic heterocycles. The summed E-state index contributed by atoms with van der Waals surface area (Å²) in [5.41, 5.74) is 1.86. The average Bonchev–Trinajstić information content (AvgIpc) is 3.03. The number of ether oxygens (including phenoxy) is 1. The van der Waals surface area contributed by atoms with Gasteiger partial charge in [-0.1, -0.05) is 69.7 Å². The first-order chi connectivity index (χ1) is 11.7. The van der Waals surface area contributed by atoms with Crippen LogP contribution in [0, 0.1) is 0 Å². The fraction of sp³-hybridized carbons (Fsp3) is 0.524. The maximum atomic E-state index is 12.3. The number of carbonyl (C=O) groups excluding carboxylic acids is 2. The molecule has 1 aliphatic heterocycles. The molecule has 0 saturated carbocycles. The van der Waals surface area contributed by atoms with Gasteiger partial charge in [0, 0.05) is 23.1 Å². The monoisotopic (exact) mass is 326 g/mol. The van der Waals surface area contributed by atoms with Gasteiger partial charge in [0.05, 0.1) is 0 Å². The Hall–Kier alpha value is -1.90. The highest BCUT2D eigenvalue weighted by atomic mass is 16.5. The normalized spacial score (nSPS) is 19.3. The molecule has 1 heterocycles. The summed E-state index contributed by atoms with van der Waals surface area (Å²) in [6.07, 6.45) is 10.5. The third-order valence-electron chi connectivity index (χ3n) is 5.02. The molecule has 3 heteroatoms. The summed E-state index contributed by atoms with van der Waals surface area (Å²) >= 11 is 0. The maximum absolute atomic E-state index is 12.3. The quantitative estimate of drug-likeness (QED) is 0.493. The highest BCUT2D eigenvalue weighted by molar-refractivity contribution is 6.52. The topological polar surface area (TPSA) is 43.4 Å². The fourth-order valence-electron chi connectivity index (χ4n) is 3.65. The van der Waals surface area contributed by atoms with Gasteiger partial charge in [-0.2, -0.15) is 0 Å². The van der Waals surface area contributed by atoms with Crippen LogP contribution in [0.1, 0.15) is 80.6 Å². The fourth-order valence-corrected chi connectivity index (χ4v) is 3.65. The summed E-state index contributed by atoms with van der Waals surface area (Å²) in [6.45, 7) is 2.23. The minimum absolute atomic E-state index is 0.0496. The van der Waals surface area contributed by atoms with Crippen molar-refractivity contribution in [2.24, 2.45) is 0 Å². The Balaban J connectivity index is 1.53. The molecule has 2 aliphatic rings. The average molecular weight is 326 g/mol. The first-order valence-electron chi connectivity index (χ1n) is 9.30. The number of benzene rings is 1. The lowest BCUT2D eigenvalue weighted by molar-refractivity contribution is -0.112. The van der Waals surface area contributed by atoms with Gasteiger partial charge >= 0.3 is 0 Å². The molecular formula is C21H26O3. The van der Waals surface area contributed by atoms with E-state index in [-0.39, 0.29) is 17.7 Å². The van der Waals surface area contributed by atoms with Crippen LogP contribution in [-0.4, -0.2) is 17.7 Å². The Labute approximate surface area is 144 Å². The number of Topliss-reactive ketones (excluding diaryl/α,β-unsaturated/α-hetero) is 2. The van der Waals surface area contributed by atoms with Crippen LogP contribution in [0.25, 0.3) is 5.76 Å². The van der Waals surface area contributed by atoms with E-state index in [2.05, 4.69) is 6.92 Å². The second-order valence-corrected chi connectivity index (χ2v) is 6.87. The lowest BCUT2D eigenvalue weighted by atomic mass is 9.87. The zero-order valence-corrected chi connectivity index (χ0v) is 14.5. The van der Waals surface area contributed by atoms with Crippen molar-refractivity contribution in [1.29, 1.82) is 0 Å². The Morgan fingerprint density at radius 1 is 0.917 bits per heavy atom. The van der Waals surface area contributed by atoms with Crippen LogP contribution in [0.5, 0.6) is 0 Å². The van der Waals surface area contributed by atoms with Gasteiger partial charge in [-0.25, -0.2) is 0 Å². The van der Waals surface area contributed by atoms with Crippen molar-refractivity contribution in [2.75, 3.05) is 0 Å².